The van der Waals surface area contributed by atoms with Crippen molar-refractivity contribution in [2.24, 2.45) is 11.7 Å². The summed E-state index contributed by atoms with van der Waals surface area (Å²) < 4.78 is 27.4. The third-order valence-electron chi connectivity index (χ3n) is 3.92. The van der Waals surface area contributed by atoms with Crippen molar-refractivity contribution in [2.45, 2.75) is 24.3 Å². The van der Waals surface area contributed by atoms with Crippen molar-refractivity contribution >= 4 is 21.6 Å². The Balaban J connectivity index is 2.05. The molecular formula is C14H22ClN3O2S. The van der Waals surface area contributed by atoms with Crippen molar-refractivity contribution in [3.05, 3.63) is 28.8 Å². The van der Waals surface area contributed by atoms with Gasteiger partial charge in [0.1, 0.15) is 4.90 Å². The molecular weight excluding hydrogens is 310 g/mol. The highest BCUT2D eigenvalue weighted by Gasteiger charge is 2.22. The zero-order valence-corrected chi connectivity index (χ0v) is 13.8. The van der Waals surface area contributed by atoms with Gasteiger partial charge in [0.05, 0.1) is 5.02 Å². The van der Waals surface area contributed by atoms with Crippen LogP contribution in [0.25, 0.3) is 0 Å². The van der Waals surface area contributed by atoms with Gasteiger partial charge < -0.3 is 10.6 Å². The van der Waals surface area contributed by atoms with Crippen molar-refractivity contribution in [3.63, 3.8) is 0 Å². The standard InChI is InChI=1S/C14H22ClN3O2S/c1-18-6-4-11(5-7-18)10-17-21(19,20)14-8-12(9-16)2-3-13(14)15/h2-3,8,11,17H,4-7,9-10,16H2,1H3. The third-order valence-corrected chi connectivity index (χ3v) is 5.83. The molecule has 0 amide bonds. The van der Waals surface area contributed by atoms with E-state index in [4.69, 9.17) is 17.3 Å². The fourth-order valence-electron chi connectivity index (χ4n) is 2.45. The highest BCUT2D eigenvalue weighted by Crippen LogP contribution is 2.23. The molecule has 0 radical (unpaired) electrons. The molecule has 0 spiro atoms. The van der Waals surface area contributed by atoms with Crippen LogP contribution < -0.4 is 10.5 Å². The molecule has 7 heteroatoms. The number of hydrogen-bond acceptors (Lipinski definition) is 4. The summed E-state index contributed by atoms with van der Waals surface area (Å²) in [6, 6.07) is 4.85. The lowest BCUT2D eigenvalue weighted by Gasteiger charge is -2.28. The fourth-order valence-corrected chi connectivity index (χ4v) is 4.12. The van der Waals surface area contributed by atoms with Crippen LogP contribution in [0.2, 0.25) is 5.02 Å². The van der Waals surface area contributed by atoms with Crippen LogP contribution in [0.3, 0.4) is 0 Å². The molecule has 0 aliphatic carbocycles. The van der Waals surface area contributed by atoms with E-state index in [0.717, 1.165) is 31.5 Å². The number of sulfonamides is 1. The Morgan fingerprint density at radius 3 is 2.67 bits per heavy atom. The van der Waals surface area contributed by atoms with Crippen LogP contribution in [0.5, 0.6) is 0 Å². The molecule has 1 heterocycles. The molecule has 5 nitrogen and oxygen atoms in total. The van der Waals surface area contributed by atoms with Gasteiger partial charge in [-0.05, 0) is 56.6 Å². The van der Waals surface area contributed by atoms with E-state index < -0.39 is 10.0 Å². The lowest BCUT2D eigenvalue weighted by molar-refractivity contribution is 0.220. The number of halogens is 1. The second-order valence-electron chi connectivity index (χ2n) is 5.57. The molecule has 0 saturated carbocycles. The van der Waals surface area contributed by atoms with E-state index in [9.17, 15) is 8.42 Å². The van der Waals surface area contributed by atoms with E-state index >= 15 is 0 Å². The number of piperidine rings is 1. The molecule has 1 aromatic carbocycles. The Morgan fingerprint density at radius 1 is 1.38 bits per heavy atom. The minimum Gasteiger partial charge on any atom is -0.326 e. The van der Waals surface area contributed by atoms with Crippen LogP contribution in [0, 0.1) is 5.92 Å². The van der Waals surface area contributed by atoms with Gasteiger partial charge in [-0.1, -0.05) is 17.7 Å². The van der Waals surface area contributed by atoms with Gasteiger partial charge in [0.2, 0.25) is 10.0 Å². The number of nitrogens with one attached hydrogen (secondary N) is 1. The van der Waals surface area contributed by atoms with Crippen molar-refractivity contribution in [1.82, 2.24) is 9.62 Å². The maximum absolute atomic E-state index is 12.4. The molecule has 1 saturated heterocycles. The van der Waals surface area contributed by atoms with E-state index in [1.165, 1.54) is 0 Å². The number of hydrogen-bond donors (Lipinski definition) is 2. The number of likely N-dealkylation sites (tertiary alicyclic amines) is 1. The first-order valence-corrected chi connectivity index (χ1v) is 8.95. The molecule has 0 aromatic heterocycles. The van der Waals surface area contributed by atoms with Crippen molar-refractivity contribution < 1.29 is 8.42 Å². The molecule has 2 rings (SSSR count). The second kappa shape index (κ2) is 7.07. The predicted octanol–water partition coefficient (Wildman–Crippen LogP) is 1.42. The van der Waals surface area contributed by atoms with Gasteiger partial charge in [-0.3, -0.25) is 0 Å². The third kappa shape index (κ3) is 4.40. The maximum Gasteiger partial charge on any atom is 0.242 e. The molecule has 1 fully saturated rings. The second-order valence-corrected chi connectivity index (χ2v) is 7.71. The Hall–Kier alpha value is -0.660. The van der Waals surface area contributed by atoms with Gasteiger partial charge in [-0.15, -0.1) is 0 Å². The maximum atomic E-state index is 12.4. The van der Waals surface area contributed by atoms with Gasteiger partial charge in [-0.2, -0.15) is 0 Å². The summed E-state index contributed by atoms with van der Waals surface area (Å²) in [5.74, 6) is 0.382. The zero-order chi connectivity index (χ0) is 15.5. The predicted molar refractivity (Wildman–Crippen MR) is 84.8 cm³/mol. The Kier molecular flexibility index (Phi) is 5.62. The number of benzene rings is 1. The van der Waals surface area contributed by atoms with Crippen molar-refractivity contribution in [2.75, 3.05) is 26.7 Å². The van der Waals surface area contributed by atoms with Gasteiger partial charge in [0, 0.05) is 13.1 Å². The minimum absolute atomic E-state index is 0.111. The Labute approximate surface area is 131 Å². The van der Waals surface area contributed by atoms with Gasteiger partial charge in [0.15, 0.2) is 0 Å². The monoisotopic (exact) mass is 331 g/mol. The molecule has 0 bridgehead atoms. The molecule has 118 valence electrons. The van der Waals surface area contributed by atoms with Crippen LogP contribution in [0.1, 0.15) is 18.4 Å². The lowest BCUT2D eigenvalue weighted by Crippen LogP contribution is -2.37. The van der Waals surface area contributed by atoms with Crippen LogP contribution in [-0.4, -0.2) is 40.0 Å². The van der Waals surface area contributed by atoms with E-state index in [1.54, 1.807) is 18.2 Å². The van der Waals surface area contributed by atoms with E-state index in [0.29, 0.717) is 12.5 Å². The van der Waals surface area contributed by atoms with Gasteiger partial charge in [-0.25, -0.2) is 13.1 Å². The van der Waals surface area contributed by atoms with Gasteiger partial charge >= 0.3 is 0 Å². The van der Waals surface area contributed by atoms with E-state index in [1.807, 2.05) is 0 Å². The molecule has 1 aromatic rings. The summed E-state index contributed by atoms with van der Waals surface area (Å²) in [4.78, 5) is 2.37. The van der Waals surface area contributed by atoms with Crippen LogP contribution in [0.15, 0.2) is 23.1 Å². The quantitative estimate of drug-likeness (QED) is 0.855. The minimum atomic E-state index is -3.59. The molecule has 1 aliphatic rings. The van der Waals surface area contributed by atoms with Crippen LogP contribution in [0.4, 0.5) is 0 Å². The average Bonchev–Trinajstić information content (AvgIpc) is 2.47. The van der Waals surface area contributed by atoms with Gasteiger partial charge in [0.25, 0.3) is 0 Å². The van der Waals surface area contributed by atoms with Crippen LogP contribution >= 0.6 is 11.6 Å². The van der Waals surface area contributed by atoms with Crippen LogP contribution in [-0.2, 0) is 16.6 Å². The first kappa shape index (κ1) is 16.7. The highest BCUT2D eigenvalue weighted by atomic mass is 35.5. The Bertz CT molecular complexity index is 584. The molecule has 1 aliphatic heterocycles. The molecule has 0 unspecified atom stereocenters. The fraction of sp³-hybridized carbons (Fsp3) is 0.571. The zero-order valence-electron chi connectivity index (χ0n) is 12.2. The lowest BCUT2D eigenvalue weighted by atomic mass is 9.98. The molecule has 0 atom stereocenters. The van der Waals surface area contributed by atoms with Crippen molar-refractivity contribution in [1.29, 1.82) is 0 Å². The first-order chi connectivity index (χ1) is 9.92. The van der Waals surface area contributed by atoms with E-state index in [-0.39, 0.29) is 16.5 Å². The summed E-state index contributed by atoms with van der Waals surface area (Å²) in [7, 11) is -1.51. The Morgan fingerprint density at radius 2 is 2.05 bits per heavy atom. The summed E-state index contributed by atoms with van der Waals surface area (Å²) in [5.41, 5.74) is 6.30. The summed E-state index contributed by atoms with van der Waals surface area (Å²) in [5, 5.41) is 0.225. The number of nitrogens with zero attached hydrogens (tertiary/aromatic N) is 1. The SMILES string of the molecule is CN1CCC(CNS(=O)(=O)c2cc(CN)ccc2Cl)CC1. The number of nitrogens with two attached hydrogens (primary N) is 1. The average molecular weight is 332 g/mol. The highest BCUT2D eigenvalue weighted by molar-refractivity contribution is 7.89. The first-order valence-electron chi connectivity index (χ1n) is 7.09. The summed E-state index contributed by atoms with van der Waals surface area (Å²) in [6.07, 6.45) is 2.02. The smallest absolute Gasteiger partial charge is 0.242 e. The summed E-state index contributed by atoms with van der Waals surface area (Å²) in [6.45, 7) is 2.76. The normalized spacial score (nSPS) is 18.0. The molecule has 3 N–H and O–H groups in total. The molecule has 21 heavy (non-hydrogen) atoms. The van der Waals surface area contributed by atoms with Crippen molar-refractivity contribution in [3.8, 4) is 0 Å². The number of rotatable bonds is 5. The summed E-state index contributed by atoms with van der Waals surface area (Å²) >= 11 is 6.01. The topological polar surface area (TPSA) is 75.4 Å². The van der Waals surface area contributed by atoms with E-state index in [2.05, 4.69) is 16.7 Å². The largest absolute Gasteiger partial charge is 0.326 e.